The van der Waals surface area contributed by atoms with Gasteiger partial charge in [0.25, 0.3) is 0 Å². The lowest BCUT2D eigenvalue weighted by molar-refractivity contribution is -0.137. The Bertz CT molecular complexity index is 364. The summed E-state index contributed by atoms with van der Waals surface area (Å²) in [5, 5.41) is 8.49. The van der Waals surface area contributed by atoms with Crippen molar-refractivity contribution >= 4 is 11.8 Å². The van der Waals surface area contributed by atoms with Crippen molar-refractivity contribution in [3.05, 3.63) is 29.6 Å². The highest BCUT2D eigenvalue weighted by Gasteiger charge is 2.31. The molecule has 0 aliphatic carbocycles. The van der Waals surface area contributed by atoms with Gasteiger partial charge in [-0.3, -0.25) is 0 Å². The summed E-state index contributed by atoms with van der Waals surface area (Å²) in [6.07, 6.45) is -4.54. The maximum absolute atomic E-state index is 13.3. The molecule has 90 valence electrons. The van der Waals surface area contributed by atoms with Crippen molar-refractivity contribution in [2.75, 3.05) is 6.61 Å². The monoisotopic (exact) mass is 254 g/mol. The van der Waals surface area contributed by atoms with Gasteiger partial charge < -0.3 is 5.11 Å². The summed E-state index contributed by atoms with van der Waals surface area (Å²) in [5.41, 5.74) is -1.01. The third-order valence-corrected chi connectivity index (χ3v) is 2.98. The Labute approximate surface area is 94.5 Å². The first-order chi connectivity index (χ1) is 7.34. The number of rotatable bonds is 3. The van der Waals surface area contributed by atoms with Gasteiger partial charge in [-0.05, 0) is 18.2 Å². The molecule has 1 unspecified atom stereocenters. The van der Waals surface area contributed by atoms with Crippen LogP contribution in [-0.2, 0) is 6.18 Å². The molecule has 0 saturated carbocycles. The predicted molar refractivity (Wildman–Crippen MR) is 53.8 cm³/mol. The lowest BCUT2D eigenvalue weighted by Crippen LogP contribution is -2.06. The summed E-state index contributed by atoms with van der Waals surface area (Å²) in [7, 11) is 0. The SMILES string of the molecule is CC(CO)Sc1ccc(C(F)(F)F)cc1F. The first-order valence-electron chi connectivity index (χ1n) is 4.49. The Kier molecular flexibility index (Phi) is 4.21. The number of thioether (sulfide) groups is 1. The molecule has 1 rings (SSSR count). The topological polar surface area (TPSA) is 20.2 Å². The van der Waals surface area contributed by atoms with Crippen molar-refractivity contribution in [2.45, 2.75) is 23.2 Å². The maximum atomic E-state index is 13.3. The molecule has 0 spiro atoms. The van der Waals surface area contributed by atoms with E-state index in [1.807, 2.05) is 0 Å². The molecule has 0 aliphatic heterocycles. The molecule has 1 aromatic carbocycles. The van der Waals surface area contributed by atoms with Crippen LogP contribution in [0.25, 0.3) is 0 Å². The molecule has 0 radical (unpaired) electrons. The lowest BCUT2D eigenvalue weighted by atomic mass is 10.2. The molecule has 0 heterocycles. The van der Waals surface area contributed by atoms with E-state index < -0.39 is 17.6 Å². The van der Waals surface area contributed by atoms with Crippen LogP contribution in [0.4, 0.5) is 17.6 Å². The van der Waals surface area contributed by atoms with E-state index in [2.05, 4.69) is 0 Å². The highest BCUT2D eigenvalue weighted by molar-refractivity contribution is 8.00. The number of halogens is 4. The Morgan fingerprint density at radius 3 is 2.44 bits per heavy atom. The summed E-state index contributed by atoms with van der Waals surface area (Å²) in [4.78, 5) is 0.106. The minimum atomic E-state index is -4.54. The smallest absolute Gasteiger partial charge is 0.395 e. The van der Waals surface area contributed by atoms with Gasteiger partial charge in [0.1, 0.15) is 5.82 Å². The summed E-state index contributed by atoms with van der Waals surface area (Å²) in [5.74, 6) is -0.917. The van der Waals surface area contributed by atoms with Gasteiger partial charge in [-0.1, -0.05) is 6.92 Å². The molecule has 1 nitrogen and oxygen atoms in total. The van der Waals surface area contributed by atoms with Crippen LogP contribution in [0.5, 0.6) is 0 Å². The number of aliphatic hydroxyl groups is 1. The molecular formula is C10H10F4OS. The standard InChI is InChI=1S/C10H10F4OS/c1-6(5-15)16-9-3-2-7(4-8(9)11)10(12,13)14/h2-4,6,15H,5H2,1H3. The van der Waals surface area contributed by atoms with Crippen LogP contribution in [0.2, 0.25) is 0 Å². The maximum Gasteiger partial charge on any atom is 0.416 e. The van der Waals surface area contributed by atoms with Gasteiger partial charge in [-0.15, -0.1) is 11.8 Å². The van der Waals surface area contributed by atoms with Gasteiger partial charge in [0.05, 0.1) is 12.2 Å². The number of alkyl halides is 3. The number of aliphatic hydroxyl groups excluding tert-OH is 1. The van der Waals surface area contributed by atoms with Crippen molar-refractivity contribution in [1.29, 1.82) is 0 Å². The third-order valence-electron chi connectivity index (χ3n) is 1.84. The average molecular weight is 254 g/mol. The van der Waals surface area contributed by atoms with Crippen molar-refractivity contribution in [3.8, 4) is 0 Å². The molecule has 16 heavy (non-hydrogen) atoms. The Balaban J connectivity index is 2.92. The van der Waals surface area contributed by atoms with Gasteiger partial charge in [0.15, 0.2) is 0 Å². The van der Waals surface area contributed by atoms with Crippen molar-refractivity contribution in [1.82, 2.24) is 0 Å². The molecule has 6 heteroatoms. The zero-order valence-electron chi connectivity index (χ0n) is 8.38. The van der Waals surface area contributed by atoms with Gasteiger partial charge >= 0.3 is 6.18 Å². The number of benzene rings is 1. The Morgan fingerprint density at radius 2 is 2.00 bits per heavy atom. The quantitative estimate of drug-likeness (QED) is 0.659. The predicted octanol–water partition coefficient (Wildman–Crippen LogP) is 3.32. The van der Waals surface area contributed by atoms with Crippen molar-refractivity contribution in [3.63, 3.8) is 0 Å². The molecule has 0 amide bonds. The third kappa shape index (κ3) is 3.38. The molecule has 0 fully saturated rings. The van der Waals surface area contributed by atoms with E-state index in [1.54, 1.807) is 6.92 Å². The second-order valence-electron chi connectivity index (χ2n) is 3.25. The summed E-state index contributed by atoms with van der Waals surface area (Å²) >= 11 is 0.997. The van der Waals surface area contributed by atoms with Crippen molar-refractivity contribution in [2.24, 2.45) is 0 Å². The van der Waals surface area contributed by atoms with E-state index in [4.69, 9.17) is 5.11 Å². The lowest BCUT2D eigenvalue weighted by Gasteiger charge is -2.11. The van der Waals surface area contributed by atoms with Crippen LogP contribution in [0.1, 0.15) is 12.5 Å². The van der Waals surface area contributed by atoms with E-state index in [-0.39, 0.29) is 16.8 Å². The van der Waals surface area contributed by atoms with E-state index in [9.17, 15) is 17.6 Å². The molecule has 0 saturated heterocycles. The fraction of sp³-hybridized carbons (Fsp3) is 0.400. The fourth-order valence-corrected chi connectivity index (χ4v) is 1.85. The van der Waals surface area contributed by atoms with Crippen LogP contribution in [0.3, 0.4) is 0 Å². The zero-order valence-corrected chi connectivity index (χ0v) is 9.20. The highest BCUT2D eigenvalue weighted by atomic mass is 32.2. The molecular weight excluding hydrogens is 244 g/mol. The minimum Gasteiger partial charge on any atom is -0.395 e. The zero-order chi connectivity index (χ0) is 12.3. The van der Waals surface area contributed by atoms with E-state index >= 15 is 0 Å². The van der Waals surface area contributed by atoms with E-state index in [0.717, 1.165) is 23.9 Å². The summed E-state index contributed by atoms with van der Waals surface area (Å²) < 4.78 is 49.9. The number of hydrogen-bond donors (Lipinski definition) is 1. The van der Waals surface area contributed by atoms with Crippen LogP contribution < -0.4 is 0 Å². The molecule has 0 aromatic heterocycles. The first kappa shape index (κ1) is 13.3. The van der Waals surface area contributed by atoms with Crippen LogP contribution in [0.15, 0.2) is 23.1 Å². The molecule has 1 atom stereocenters. The van der Waals surface area contributed by atoms with Gasteiger partial charge in [0, 0.05) is 10.1 Å². The Hall–Kier alpha value is -0.750. The minimum absolute atomic E-state index is 0.106. The van der Waals surface area contributed by atoms with Gasteiger partial charge in [-0.2, -0.15) is 13.2 Å². The summed E-state index contributed by atoms with van der Waals surface area (Å²) in [6.45, 7) is 1.49. The van der Waals surface area contributed by atoms with Gasteiger partial charge in [0.2, 0.25) is 0 Å². The molecule has 0 aliphatic rings. The highest BCUT2D eigenvalue weighted by Crippen LogP contribution is 2.33. The second-order valence-corrected chi connectivity index (χ2v) is 4.73. The fourth-order valence-electron chi connectivity index (χ4n) is 1.03. The molecule has 1 aromatic rings. The van der Waals surface area contributed by atoms with Crippen LogP contribution in [-0.4, -0.2) is 17.0 Å². The molecule has 0 bridgehead atoms. The number of hydrogen-bond acceptors (Lipinski definition) is 2. The Morgan fingerprint density at radius 1 is 1.38 bits per heavy atom. The van der Waals surface area contributed by atoms with E-state index in [0.29, 0.717) is 6.07 Å². The van der Waals surface area contributed by atoms with Crippen molar-refractivity contribution < 1.29 is 22.7 Å². The second kappa shape index (κ2) is 5.05. The van der Waals surface area contributed by atoms with Crippen LogP contribution >= 0.6 is 11.8 Å². The van der Waals surface area contributed by atoms with Gasteiger partial charge in [-0.25, -0.2) is 4.39 Å². The average Bonchev–Trinajstić information content (AvgIpc) is 2.19. The first-order valence-corrected chi connectivity index (χ1v) is 5.37. The largest absolute Gasteiger partial charge is 0.416 e. The normalized spacial score (nSPS) is 13.9. The summed E-state index contributed by atoms with van der Waals surface area (Å²) in [6, 6.07) is 2.37. The van der Waals surface area contributed by atoms with Crippen LogP contribution in [0, 0.1) is 5.82 Å². The van der Waals surface area contributed by atoms with E-state index in [1.165, 1.54) is 0 Å². The molecule has 1 N–H and O–H groups in total.